The van der Waals surface area contributed by atoms with Crippen molar-refractivity contribution < 1.29 is 18.7 Å². The number of rotatable bonds is 8. The van der Waals surface area contributed by atoms with Gasteiger partial charge in [-0.15, -0.1) is 0 Å². The van der Waals surface area contributed by atoms with Crippen LogP contribution in [0, 0.1) is 5.82 Å². The van der Waals surface area contributed by atoms with Crippen LogP contribution < -0.4 is 20.1 Å². The summed E-state index contributed by atoms with van der Waals surface area (Å²) in [5.41, 5.74) is 2.39. The van der Waals surface area contributed by atoms with Gasteiger partial charge in [0, 0.05) is 22.9 Å². The molecule has 0 unspecified atom stereocenters. The minimum atomic E-state index is -0.295. The Morgan fingerprint density at radius 2 is 1.66 bits per heavy atom. The van der Waals surface area contributed by atoms with Gasteiger partial charge < -0.3 is 20.1 Å². The summed E-state index contributed by atoms with van der Waals surface area (Å²) in [6.45, 7) is 0.367. The molecule has 1 amide bonds. The largest absolute Gasteiger partial charge is 0.493 e. The SMILES string of the molecule is COc1cc(CNc2ccc(F)cc2)ccc1OCC(=O)Nc1ccc(Cl)cc1. The number of ether oxygens (including phenoxy) is 2. The van der Waals surface area contributed by atoms with Crippen molar-refractivity contribution in [2.24, 2.45) is 0 Å². The monoisotopic (exact) mass is 414 g/mol. The van der Waals surface area contributed by atoms with E-state index in [2.05, 4.69) is 10.6 Å². The summed E-state index contributed by atoms with van der Waals surface area (Å²) in [5, 5.41) is 6.53. The van der Waals surface area contributed by atoms with E-state index in [0.29, 0.717) is 28.8 Å². The van der Waals surface area contributed by atoms with E-state index >= 15 is 0 Å². The number of amides is 1. The second-order valence-corrected chi connectivity index (χ2v) is 6.63. The summed E-state index contributed by atoms with van der Waals surface area (Å²) in [4.78, 5) is 12.1. The molecule has 29 heavy (non-hydrogen) atoms. The summed E-state index contributed by atoms with van der Waals surface area (Å²) in [6, 6.07) is 18.4. The summed E-state index contributed by atoms with van der Waals surface area (Å²) in [7, 11) is 1.53. The van der Waals surface area contributed by atoms with Crippen LogP contribution in [0.3, 0.4) is 0 Å². The summed E-state index contributed by atoms with van der Waals surface area (Å²) < 4.78 is 23.9. The van der Waals surface area contributed by atoms with Crippen molar-refractivity contribution in [3.05, 3.63) is 83.1 Å². The van der Waals surface area contributed by atoms with Gasteiger partial charge >= 0.3 is 0 Å². The molecule has 3 aromatic carbocycles. The summed E-state index contributed by atoms with van der Waals surface area (Å²) in [5.74, 6) is 0.405. The quantitative estimate of drug-likeness (QED) is 0.537. The number of anilines is 2. The summed E-state index contributed by atoms with van der Waals surface area (Å²) in [6.07, 6.45) is 0. The zero-order valence-corrected chi connectivity index (χ0v) is 16.5. The standard InChI is InChI=1S/C22H20ClFN2O3/c1-28-21-12-15(13-25-18-9-5-17(24)6-10-18)2-11-20(21)29-14-22(27)26-19-7-3-16(23)4-8-19/h2-12,25H,13-14H2,1H3,(H,26,27). The van der Waals surface area contributed by atoms with E-state index in [1.54, 1.807) is 42.5 Å². The summed E-state index contributed by atoms with van der Waals surface area (Å²) >= 11 is 5.83. The Labute approximate surface area is 173 Å². The van der Waals surface area contributed by atoms with Gasteiger partial charge in [-0.05, 0) is 66.2 Å². The van der Waals surface area contributed by atoms with Crippen LogP contribution in [0.1, 0.15) is 5.56 Å². The zero-order valence-electron chi connectivity index (χ0n) is 15.7. The van der Waals surface area contributed by atoms with Crippen LogP contribution >= 0.6 is 11.6 Å². The molecule has 0 atom stereocenters. The Balaban J connectivity index is 1.55. The molecule has 0 aliphatic heterocycles. The molecule has 0 aromatic heterocycles. The lowest BCUT2D eigenvalue weighted by molar-refractivity contribution is -0.118. The third kappa shape index (κ3) is 6.12. The highest BCUT2D eigenvalue weighted by Gasteiger charge is 2.09. The number of hydrogen-bond donors (Lipinski definition) is 2. The number of carbonyl (C=O) groups is 1. The molecular weight excluding hydrogens is 395 g/mol. The van der Waals surface area contributed by atoms with Crippen LogP contribution in [0.5, 0.6) is 11.5 Å². The highest BCUT2D eigenvalue weighted by molar-refractivity contribution is 6.30. The molecular formula is C22H20ClFN2O3. The van der Waals surface area contributed by atoms with Crippen molar-refractivity contribution >= 4 is 28.9 Å². The number of benzene rings is 3. The fraction of sp³-hybridized carbons (Fsp3) is 0.136. The number of nitrogens with one attached hydrogen (secondary N) is 2. The third-order valence-electron chi connectivity index (χ3n) is 4.06. The van der Waals surface area contributed by atoms with Crippen molar-refractivity contribution in [2.75, 3.05) is 24.4 Å². The van der Waals surface area contributed by atoms with Crippen molar-refractivity contribution in [3.63, 3.8) is 0 Å². The minimum absolute atomic E-state index is 0.161. The van der Waals surface area contributed by atoms with Gasteiger partial charge in [0.15, 0.2) is 18.1 Å². The first-order valence-corrected chi connectivity index (χ1v) is 9.26. The minimum Gasteiger partial charge on any atom is -0.493 e. The van der Waals surface area contributed by atoms with E-state index < -0.39 is 0 Å². The molecule has 0 saturated heterocycles. The average molecular weight is 415 g/mol. The maximum absolute atomic E-state index is 13.0. The molecule has 3 aromatic rings. The maximum atomic E-state index is 13.0. The Kier molecular flexibility index (Phi) is 6.92. The van der Waals surface area contributed by atoms with Crippen molar-refractivity contribution in [3.8, 4) is 11.5 Å². The van der Waals surface area contributed by atoms with Crippen molar-refractivity contribution in [1.29, 1.82) is 0 Å². The van der Waals surface area contributed by atoms with Crippen LogP contribution in [0.4, 0.5) is 15.8 Å². The van der Waals surface area contributed by atoms with Crippen molar-refractivity contribution in [1.82, 2.24) is 0 Å². The predicted molar refractivity (Wildman–Crippen MR) is 112 cm³/mol. The van der Waals surface area contributed by atoms with Gasteiger partial charge in [0.1, 0.15) is 5.82 Å². The number of carbonyl (C=O) groups excluding carboxylic acids is 1. The zero-order chi connectivity index (χ0) is 20.6. The highest BCUT2D eigenvalue weighted by Crippen LogP contribution is 2.28. The van der Waals surface area contributed by atoms with Crippen LogP contribution in [0.25, 0.3) is 0 Å². The van der Waals surface area contributed by atoms with Gasteiger partial charge in [-0.1, -0.05) is 17.7 Å². The first-order chi connectivity index (χ1) is 14.0. The lowest BCUT2D eigenvalue weighted by Crippen LogP contribution is -2.20. The van der Waals surface area contributed by atoms with Gasteiger partial charge in [-0.25, -0.2) is 4.39 Å². The van der Waals surface area contributed by atoms with Crippen LogP contribution in [0.15, 0.2) is 66.7 Å². The van der Waals surface area contributed by atoms with E-state index in [1.165, 1.54) is 19.2 Å². The lowest BCUT2D eigenvalue weighted by Gasteiger charge is -2.13. The Bertz CT molecular complexity index is 963. The van der Waals surface area contributed by atoms with Crippen LogP contribution in [0.2, 0.25) is 5.02 Å². The first kappa shape index (κ1) is 20.5. The predicted octanol–water partition coefficient (Wildman–Crippen LogP) is 5.12. The molecule has 150 valence electrons. The molecule has 0 aliphatic carbocycles. The van der Waals surface area contributed by atoms with Crippen LogP contribution in [-0.2, 0) is 11.3 Å². The first-order valence-electron chi connectivity index (χ1n) is 8.88. The fourth-order valence-electron chi connectivity index (χ4n) is 2.59. The molecule has 0 aliphatic rings. The molecule has 0 saturated carbocycles. The van der Waals surface area contributed by atoms with Gasteiger partial charge in [0.2, 0.25) is 0 Å². The molecule has 0 fully saturated rings. The highest BCUT2D eigenvalue weighted by atomic mass is 35.5. The van der Waals surface area contributed by atoms with Gasteiger partial charge in [0.05, 0.1) is 7.11 Å². The third-order valence-corrected chi connectivity index (χ3v) is 4.31. The topological polar surface area (TPSA) is 59.6 Å². The Morgan fingerprint density at radius 3 is 2.34 bits per heavy atom. The number of halogens is 2. The van der Waals surface area contributed by atoms with E-state index in [1.807, 2.05) is 12.1 Å². The maximum Gasteiger partial charge on any atom is 0.262 e. The average Bonchev–Trinajstić information content (AvgIpc) is 2.73. The number of methoxy groups -OCH3 is 1. The lowest BCUT2D eigenvalue weighted by atomic mass is 10.2. The van der Waals surface area contributed by atoms with Crippen LogP contribution in [-0.4, -0.2) is 19.6 Å². The van der Waals surface area contributed by atoms with E-state index in [-0.39, 0.29) is 18.3 Å². The van der Waals surface area contributed by atoms with Gasteiger partial charge in [0.25, 0.3) is 5.91 Å². The molecule has 7 heteroatoms. The second kappa shape index (κ2) is 9.80. The van der Waals surface area contributed by atoms with Crippen molar-refractivity contribution in [2.45, 2.75) is 6.54 Å². The van der Waals surface area contributed by atoms with Gasteiger partial charge in [-0.2, -0.15) is 0 Å². The smallest absolute Gasteiger partial charge is 0.262 e. The van der Waals surface area contributed by atoms with E-state index in [4.69, 9.17) is 21.1 Å². The molecule has 0 radical (unpaired) electrons. The van der Waals surface area contributed by atoms with E-state index in [0.717, 1.165) is 11.3 Å². The molecule has 3 rings (SSSR count). The Morgan fingerprint density at radius 1 is 0.966 bits per heavy atom. The molecule has 0 bridgehead atoms. The normalized spacial score (nSPS) is 10.3. The molecule has 2 N–H and O–H groups in total. The molecule has 5 nitrogen and oxygen atoms in total. The molecule has 0 heterocycles. The van der Waals surface area contributed by atoms with E-state index in [9.17, 15) is 9.18 Å². The molecule has 0 spiro atoms. The fourth-order valence-corrected chi connectivity index (χ4v) is 2.71. The second-order valence-electron chi connectivity index (χ2n) is 6.19. The Hall–Kier alpha value is -3.25. The van der Waals surface area contributed by atoms with Gasteiger partial charge in [-0.3, -0.25) is 4.79 Å². The number of hydrogen-bond acceptors (Lipinski definition) is 4.